The number of halogens is 1. The van der Waals surface area contributed by atoms with Crippen molar-refractivity contribution in [3.63, 3.8) is 0 Å². The quantitative estimate of drug-likeness (QED) is 0.902. The number of phenolic OH excluding ortho intramolecular Hbond substituents is 1. The number of carbonyl (C=O) groups excluding carboxylic acids is 1. The van der Waals surface area contributed by atoms with E-state index in [1.807, 2.05) is 36.4 Å². The summed E-state index contributed by atoms with van der Waals surface area (Å²) >= 11 is 3.34. The van der Waals surface area contributed by atoms with Gasteiger partial charge >= 0.3 is 0 Å². The van der Waals surface area contributed by atoms with Gasteiger partial charge in [-0.1, -0.05) is 34.1 Å². The summed E-state index contributed by atoms with van der Waals surface area (Å²) in [4.78, 5) is 11.8. The van der Waals surface area contributed by atoms with E-state index < -0.39 is 0 Å². The van der Waals surface area contributed by atoms with Crippen molar-refractivity contribution >= 4 is 27.5 Å². The number of anilines is 1. The van der Waals surface area contributed by atoms with E-state index in [1.54, 1.807) is 12.1 Å². The summed E-state index contributed by atoms with van der Waals surface area (Å²) in [5, 5.41) is 12.4. The van der Waals surface area contributed by atoms with Gasteiger partial charge < -0.3 is 10.4 Å². The van der Waals surface area contributed by atoms with E-state index in [4.69, 9.17) is 0 Å². The van der Waals surface area contributed by atoms with Gasteiger partial charge in [-0.15, -0.1) is 0 Å². The zero-order valence-corrected chi connectivity index (χ0v) is 11.9. The van der Waals surface area contributed by atoms with Crippen LogP contribution in [0.25, 0.3) is 0 Å². The van der Waals surface area contributed by atoms with Gasteiger partial charge in [-0.25, -0.2) is 0 Å². The number of aryl methyl sites for hydroxylation is 1. The van der Waals surface area contributed by atoms with Crippen molar-refractivity contribution in [2.75, 3.05) is 5.32 Å². The van der Waals surface area contributed by atoms with Crippen molar-refractivity contribution in [3.8, 4) is 5.75 Å². The highest BCUT2D eigenvalue weighted by atomic mass is 79.9. The first-order valence-corrected chi connectivity index (χ1v) is 6.77. The molecular formula is C15H14BrNO2. The maximum Gasteiger partial charge on any atom is 0.224 e. The fourth-order valence-corrected chi connectivity index (χ4v) is 1.99. The minimum absolute atomic E-state index is 0.0643. The fraction of sp³-hybridized carbons (Fsp3) is 0.133. The van der Waals surface area contributed by atoms with Gasteiger partial charge in [0, 0.05) is 16.6 Å². The summed E-state index contributed by atoms with van der Waals surface area (Å²) in [6.45, 7) is 0. The average molecular weight is 320 g/mol. The van der Waals surface area contributed by atoms with Gasteiger partial charge in [-0.05, 0) is 42.3 Å². The number of benzene rings is 2. The maximum absolute atomic E-state index is 11.8. The summed E-state index contributed by atoms with van der Waals surface area (Å²) in [6, 6.07) is 14.5. The van der Waals surface area contributed by atoms with E-state index in [0.717, 1.165) is 15.7 Å². The molecule has 0 unspecified atom stereocenters. The zero-order valence-electron chi connectivity index (χ0n) is 10.3. The molecule has 3 nitrogen and oxygen atoms in total. The lowest BCUT2D eigenvalue weighted by atomic mass is 10.1. The number of carbonyl (C=O) groups is 1. The molecule has 2 aromatic carbocycles. The van der Waals surface area contributed by atoms with Crippen LogP contribution in [0, 0.1) is 0 Å². The van der Waals surface area contributed by atoms with E-state index in [0.29, 0.717) is 12.8 Å². The highest BCUT2D eigenvalue weighted by Crippen LogP contribution is 2.18. The SMILES string of the molecule is O=C(CCc1ccccc1O)Nc1ccc(Br)cc1. The number of hydrogen-bond donors (Lipinski definition) is 2. The molecule has 0 saturated carbocycles. The summed E-state index contributed by atoms with van der Waals surface area (Å²) in [6.07, 6.45) is 0.864. The number of aromatic hydroxyl groups is 1. The molecule has 0 spiro atoms. The van der Waals surface area contributed by atoms with Gasteiger partial charge in [-0.2, -0.15) is 0 Å². The second-order valence-electron chi connectivity index (χ2n) is 4.18. The summed E-state index contributed by atoms with van der Waals surface area (Å²) < 4.78 is 0.972. The lowest BCUT2D eigenvalue weighted by molar-refractivity contribution is -0.116. The van der Waals surface area contributed by atoms with Crippen LogP contribution in [0.15, 0.2) is 53.0 Å². The third-order valence-electron chi connectivity index (χ3n) is 2.74. The number of hydrogen-bond acceptors (Lipinski definition) is 2. The van der Waals surface area contributed by atoms with Crippen molar-refractivity contribution in [1.82, 2.24) is 0 Å². The van der Waals surface area contributed by atoms with Crippen molar-refractivity contribution < 1.29 is 9.90 Å². The molecule has 0 fully saturated rings. The van der Waals surface area contributed by atoms with Crippen LogP contribution in [0.4, 0.5) is 5.69 Å². The normalized spacial score (nSPS) is 10.2. The van der Waals surface area contributed by atoms with Crippen LogP contribution in [0.1, 0.15) is 12.0 Å². The molecule has 2 aromatic rings. The molecule has 19 heavy (non-hydrogen) atoms. The number of nitrogens with one attached hydrogen (secondary N) is 1. The van der Waals surface area contributed by atoms with Crippen molar-refractivity contribution in [2.45, 2.75) is 12.8 Å². The molecule has 0 bridgehead atoms. The Morgan fingerprint density at radius 2 is 1.79 bits per heavy atom. The number of amides is 1. The molecule has 0 atom stereocenters. The minimum atomic E-state index is -0.0643. The van der Waals surface area contributed by atoms with Gasteiger partial charge in [0.1, 0.15) is 5.75 Å². The molecule has 0 radical (unpaired) electrons. The first-order chi connectivity index (χ1) is 9.15. The van der Waals surface area contributed by atoms with Crippen molar-refractivity contribution in [2.24, 2.45) is 0 Å². The van der Waals surface area contributed by atoms with E-state index in [1.165, 1.54) is 0 Å². The zero-order chi connectivity index (χ0) is 13.7. The Labute approximate surface area is 120 Å². The second kappa shape index (κ2) is 6.38. The molecule has 4 heteroatoms. The van der Waals surface area contributed by atoms with Crippen LogP contribution < -0.4 is 5.32 Å². The first-order valence-electron chi connectivity index (χ1n) is 5.97. The monoisotopic (exact) mass is 319 g/mol. The van der Waals surface area contributed by atoms with Crippen molar-refractivity contribution in [1.29, 1.82) is 0 Å². The first kappa shape index (κ1) is 13.6. The largest absolute Gasteiger partial charge is 0.508 e. The number of phenols is 1. The molecule has 0 aliphatic heterocycles. The highest BCUT2D eigenvalue weighted by Gasteiger charge is 2.05. The van der Waals surface area contributed by atoms with E-state index in [2.05, 4.69) is 21.2 Å². The van der Waals surface area contributed by atoms with E-state index >= 15 is 0 Å². The molecule has 0 aliphatic carbocycles. The third-order valence-corrected chi connectivity index (χ3v) is 3.27. The van der Waals surface area contributed by atoms with Gasteiger partial charge in [0.05, 0.1) is 0 Å². The van der Waals surface area contributed by atoms with Crippen LogP contribution in [0.5, 0.6) is 5.75 Å². The predicted octanol–water partition coefficient (Wildman–Crippen LogP) is 3.73. The Morgan fingerprint density at radius 3 is 2.47 bits per heavy atom. The van der Waals surface area contributed by atoms with Crippen LogP contribution in [-0.2, 0) is 11.2 Å². The predicted molar refractivity (Wildman–Crippen MR) is 79.2 cm³/mol. The van der Waals surface area contributed by atoms with E-state index in [-0.39, 0.29) is 11.7 Å². The molecule has 1 amide bonds. The Bertz CT molecular complexity index is 567. The van der Waals surface area contributed by atoms with Gasteiger partial charge in [0.25, 0.3) is 0 Å². The number of rotatable bonds is 4. The highest BCUT2D eigenvalue weighted by molar-refractivity contribution is 9.10. The molecule has 2 rings (SSSR count). The summed E-state index contributed by atoms with van der Waals surface area (Å²) in [7, 11) is 0. The van der Waals surface area contributed by atoms with Gasteiger partial charge in [0.15, 0.2) is 0 Å². The molecular weight excluding hydrogens is 306 g/mol. The maximum atomic E-state index is 11.8. The van der Waals surface area contributed by atoms with Crippen LogP contribution in [0.2, 0.25) is 0 Å². The molecule has 2 N–H and O–H groups in total. The molecule has 98 valence electrons. The average Bonchev–Trinajstić information content (AvgIpc) is 2.40. The molecule has 0 aromatic heterocycles. The van der Waals surface area contributed by atoms with E-state index in [9.17, 15) is 9.90 Å². The Morgan fingerprint density at radius 1 is 1.11 bits per heavy atom. The second-order valence-corrected chi connectivity index (χ2v) is 5.10. The van der Waals surface area contributed by atoms with Crippen LogP contribution in [-0.4, -0.2) is 11.0 Å². The topological polar surface area (TPSA) is 49.3 Å². The van der Waals surface area contributed by atoms with Crippen LogP contribution >= 0.6 is 15.9 Å². The lowest BCUT2D eigenvalue weighted by Gasteiger charge is -2.06. The Kier molecular flexibility index (Phi) is 4.58. The third kappa shape index (κ3) is 4.10. The van der Waals surface area contributed by atoms with Gasteiger partial charge in [-0.3, -0.25) is 4.79 Å². The fourth-order valence-electron chi connectivity index (χ4n) is 1.73. The molecule has 0 heterocycles. The summed E-state index contributed by atoms with van der Waals surface area (Å²) in [5.74, 6) is 0.171. The molecule has 0 saturated heterocycles. The smallest absolute Gasteiger partial charge is 0.224 e. The van der Waals surface area contributed by atoms with Gasteiger partial charge in [0.2, 0.25) is 5.91 Å². The standard InChI is InChI=1S/C15H14BrNO2/c16-12-6-8-13(9-7-12)17-15(19)10-5-11-3-1-2-4-14(11)18/h1-4,6-9,18H,5,10H2,(H,17,19). The Balaban J connectivity index is 1.88. The van der Waals surface area contributed by atoms with Crippen molar-refractivity contribution in [3.05, 3.63) is 58.6 Å². The lowest BCUT2D eigenvalue weighted by Crippen LogP contribution is -2.12. The Hall–Kier alpha value is -1.81. The minimum Gasteiger partial charge on any atom is -0.508 e. The molecule has 0 aliphatic rings. The number of para-hydroxylation sites is 1. The van der Waals surface area contributed by atoms with Crippen LogP contribution in [0.3, 0.4) is 0 Å². The summed E-state index contributed by atoms with van der Waals surface area (Å²) in [5.41, 5.74) is 1.55.